The SMILES string of the molecule is CN(CCC(F)(F)F)CCC(C)(CO)NC1CC1. The van der Waals surface area contributed by atoms with Gasteiger partial charge in [0.15, 0.2) is 0 Å². The van der Waals surface area contributed by atoms with Crippen LogP contribution < -0.4 is 5.32 Å². The predicted molar refractivity (Wildman–Crippen MR) is 64.4 cm³/mol. The first kappa shape index (κ1) is 15.7. The Morgan fingerprint density at radius 3 is 2.22 bits per heavy atom. The molecule has 2 N–H and O–H groups in total. The van der Waals surface area contributed by atoms with E-state index in [1.54, 1.807) is 11.9 Å². The molecule has 18 heavy (non-hydrogen) atoms. The molecule has 0 bridgehead atoms. The Hall–Kier alpha value is -0.330. The van der Waals surface area contributed by atoms with Crippen LogP contribution in [0.5, 0.6) is 0 Å². The number of halogens is 3. The Labute approximate surface area is 106 Å². The molecule has 0 spiro atoms. The van der Waals surface area contributed by atoms with Crippen molar-refractivity contribution >= 4 is 0 Å². The maximum atomic E-state index is 12.1. The molecule has 0 aromatic rings. The standard InChI is InChI=1S/C12H23F3N2O/c1-11(9-18,16-10-3-4-10)5-7-17(2)8-6-12(13,14)15/h10,16,18H,3-9H2,1-2H3. The Morgan fingerprint density at radius 2 is 1.78 bits per heavy atom. The van der Waals surface area contributed by atoms with E-state index in [1.165, 1.54) is 0 Å². The molecule has 1 aliphatic rings. The van der Waals surface area contributed by atoms with Crippen molar-refractivity contribution in [3.05, 3.63) is 0 Å². The van der Waals surface area contributed by atoms with Gasteiger partial charge in [-0.3, -0.25) is 0 Å². The third kappa shape index (κ3) is 6.56. The van der Waals surface area contributed by atoms with E-state index in [9.17, 15) is 18.3 Å². The van der Waals surface area contributed by atoms with Gasteiger partial charge in [0.1, 0.15) is 0 Å². The van der Waals surface area contributed by atoms with E-state index in [0.29, 0.717) is 19.0 Å². The molecule has 1 saturated carbocycles. The van der Waals surface area contributed by atoms with Crippen LogP contribution in [0.2, 0.25) is 0 Å². The quantitative estimate of drug-likeness (QED) is 0.704. The van der Waals surface area contributed by atoms with E-state index in [1.807, 2.05) is 6.92 Å². The molecule has 1 rings (SSSR count). The maximum absolute atomic E-state index is 12.1. The molecule has 6 heteroatoms. The number of aliphatic hydroxyl groups excluding tert-OH is 1. The van der Waals surface area contributed by atoms with Gasteiger partial charge in [0.2, 0.25) is 0 Å². The molecule has 108 valence electrons. The van der Waals surface area contributed by atoms with Crippen molar-refractivity contribution in [1.82, 2.24) is 10.2 Å². The molecule has 1 fully saturated rings. The fourth-order valence-electron chi connectivity index (χ4n) is 1.78. The Balaban J connectivity index is 2.24. The molecule has 0 amide bonds. The van der Waals surface area contributed by atoms with Gasteiger partial charge >= 0.3 is 6.18 Å². The van der Waals surface area contributed by atoms with Crippen molar-refractivity contribution < 1.29 is 18.3 Å². The van der Waals surface area contributed by atoms with Crippen LogP contribution in [0.25, 0.3) is 0 Å². The van der Waals surface area contributed by atoms with E-state index in [-0.39, 0.29) is 18.7 Å². The van der Waals surface area contributed by atoms with Crippen molar-refractivity contribution in [1.29, 1.82) is 0 Å². The average Bonchev–Trinajstić information content (AvgIpc) is 3.06. The molecule has 1 atom stereocenters. The molecule has 0 aromatic heterocycles. The Bertz CT molecular complexity index is 256. The Morgan fingerprint density at radius 1 is 1.22 bits per heavy atom. The summed E-state index contributed by atoms with van der Waals surface area (Å²) in [5.41, 5.74) is -0.381. The summed E-state index contributed by atoms with van der Waals surface area (Å²) in [6.45, 7) is 2.49. The van der Waals surface area contributed by atoms with Gasteiger partial charge in [0.25, 0.3) is 0 Å². The zero-order chi connectivity index (χ0) is 13.8. The second-order valence-corrected chi connectivity index (χ2v) is 5.56. The monoisotopic (exact) mass is 268 g/mol. The lowest BCUT2D eigenvalue weighted by atomic mass is 9.98. The number of aliphatic hydroxyl groups is 1. The topological polar surface area (TPSA) is 35.5 Å². The van der Waals surface area contributed by atoms with Crippen molar-refractivity contribution in [2.24, 2.45) is 0 Å². The summed E-state index contributed by atoms with van der Waals surface area (Å²) in [6.07, 6.45) is -1.98. The summed E-state index contributed by atoms with van der Waals surface area (Å²) in [5.74, 6) is 0. The van der Waals surface area contributed by atoms with E-state index in [0.717, 1.165) is 12.8 Å². The molecule has 1 unspecified atom stereocenters. The molecule has 0 aliphatic heterocycles. The smallest absolute Gasteiger partial charge is 0.390 e. The molecule has 0 heterocycles. The number of alkyl halides is 3. The van der Waals surface area contributed by atoms with Crippen LogP contribution in [0.1, 0.15) is 32.6 Å². The van der Waals surface area contributed by atoms with Crippen LogP contribution in [-0.2, 0) is 0 Å². The predicted octanol–water partition coefficient (Wildman–Crippen LogP) is 1.76. The normalized spacial score (nSPS) is 20.2. The summed E-state index contributed by atoms with van der Waals surface area (Å²) < 4.78 is 36.2. The molecular weight excluding hydrogens is 245 g/mol. The summed E-state index contributed by atoms with van der Waals surface area (Å²) >= 11 is 0. The third-order valence-corrected chi connectivity index (χ3v) is 3.30. The lowest BCUT2D eigenvalue weighted by molar-refractivity contribution is -0.137. The van der Waals surface area contributed by atoms with Gasteiger partial charge < -0.3 is 15.3 Å². The molecule has 0 aromatic carbocycles. The minimum Gasteiger partial charge on any atom is -0.394 e. The fraction of sp³-hybridized carbons (Fsp3) is 1.00. The minimum atomic E-state index is -4.10. The number of rotatable bonds is 8. The van der Waals surface area contributed by atoms with E-state index in [4.69, 9.17) is 0 Å². The fourth-order valence-corrected chi connectivity index (χ4v) is 1.78. The van der Waals surface area contributed by atoms with E-state index < -0.39 is 12.6 Å². The first-order valence-electron chi connectivity index (χ1n) is 6.38. The van der Waals surface area contributed by atoms with E-state index in [2.05, 4.69) is 5.32 Å². The van der Waals surface area contributed by atoms with Gasteiger partial charge in [-0.25, -0.2) is 0 Å². The van der Waals surface area contributed by atoms with Gasteiger partial charge in [-0.1, -0.05) is 0 Å². The first-order chi connectivity index (χ1) is 8.24. The molecule has 3 nitrogen and oxygen atoms in total. The van der Waals surface area contributed by atoms with Crippen LogP contribution in [0.4, 0.5) is 13.2 Å². The first-order valence-corrected chi connectivity index (χ1v) is 6.38. The Kier molecular flexibility index (Phi) is 5.43. The number of nitrogens with zero attached hydrogens (tertiary/aromatic N) is 1. The maximum Gasteiger partial charge on any atom is 0.390 e. The number of hydrogen-bond donors (Lipinski definition) is 2. The summed E-state index contributed by atoms with van der Waals surface area (Å²) in [6, 6.07) is 0.475. The van der Waals surface area contributed by atoms with Crippen molar-refractivity contribution in [2.75, 3.05) is 26.7 Å². The highest BCUT2D eigenvalue weighted by atomic mass is 19.4. The molecule has 1 aliphatic carbocycles. The van der Waals surface area contributed by atoms with Gasteiger partial charge in [0.05, 0.1) is 13.0 Å². The van der Waals surface area contributed by atoms with E-state index >= 15 is 0 Å². The molecule has 0 radical (unpaired) electrons. The van der Waals surface area contributed by atoms with Crippen molar-refractivity contribution in [3.8, 4) is 0 Å². The van der Waals surface area contributed by atoms with Crippen LogP contribution in [0, 0.1) is 0 Å². The lowest BCUT2D eigenvalue weighted by Gasteiger charge is -2.31. The summed E-state index contributed by atoms with van der Waals surface area (Å²) in [4.78, 5) is 1.66. The highest BCUT2D eigenvalue weighted by molar-refractivity contribution is 4.92. The second-order valence-electron chi connectivity index (χ2n) is 5.56. The highest BCUT2D eigenvalue weighted by Crippen LogP contribution is 2.24. The van der Waals surface area contributed by atoms with Crippen LogP contribution in [0.15, 0.2) is 0 Å². The zero-order valence-corrected chi connectivity index (χ0v) is 11.1. The van der Waals surface area contributed by atoms with Gasteiger partial charge in [-0.15, -0.1) is 0 Å². The largest absolute Gasteiger partial charge is 0.394 e. The van der Waals surface area contributed by atoms with Crippen molar-refractivity contribution in [2.45, 2.75) is 50.4 Å². The van der Waals surface area contributed by atoms with Crippen molar-refractivity contribution in [3.63, 3.8) is 0 Å². The van der Waals surface area contributed by atoms with Crippen LogP contribution >= 0.6 is 0 Å². The second kappa shape index (κ2) is 6.21. The third-order valence-electron chi connectivity index (χ3n) is 3.30. The summed E-state index contributed by atoms with van der Waals surface area (Å²) in [5, 5.41) is 12.7. The molecular formula is C12H23F3N2O. The zero-order valence-electron chi connectivity index (χ0n) is 11.1. The van der Waals surface area contributed by atoms with Crippen LogP contribution in [0.3, 0.4) is 0 Å². The summed E-state index contributed by atoms with van der Waals surface area (Å²) in [7, 11) is 1.68. The van der Waals surface area contributed by atoms with Gasteiger partial charge in [-0.2, -0.15) is 13.2 Å². The average molecular weight is 268 g/mol. The highest BCUT2D eigenvalue weighted by Gasteiger charge is 2.32. The van der Waals surface area contributed by atoms with Gasteiger partial charge in [0, 0.05) is 18.1 Å². The number of hydrogen-bond acceptors (Lipinski definition) is 3. The van der Waals surface area contributed by atoms with Gasteiger partial charge in [-0.05, 0) is 39.8 Å². The number of nitrogens with one attached hydrogen (secondary N) is 1. The minimum absolute atomic E-state index is 0.00837. The van der Waals surface area contributed by atoms with Crippen LogP contribution in [-0.4, -0.2) is 54.5 Å². The molecule has 0 saturated heterocycles. The lowest BCUT2D eigenvalue weighted by Crippen LogP contribution is -2.48.